The first-order chi connectivity index (χ1) is 11.8. The Balaban J connectivity index is 1.82. The maximum absolute atomic E-state index is 9.44. The van der Waals surface area contributed by atoms with Crippen molar-refractivity contribution < 1.29 is 0 Å². The van der Waals surface area contributed by atoms with Gasteiger partial charge in [-0.05, 0) is 44.5 Å². The van der Waals surface area contributed by atoms with Gasteiger partial charge in [0, 0.05) is 12.1 Å². The van der Waals surface area contributed by atoms with Crippen molar-refractivity contribution in [3.05, 3.63) is 41.1 Å². The summed E-state index contributed by atoms with van der Waals surface area (Å²) in [4.78, 5) is 2.55. The van der Waals surface area contributed by atoms with Gasteiger partial charge in [0.25, 0.3) is 0 Å². The van der Waals surface area contributed by atoms with Crippen LogP contribution >= 0.6 is 0 Å². The van der Waals surface area contributed by atoms with Gasteiger partial charge in [0.2, 0.25) is 0 Å². The SMILES string of the molecule is CCN1CCCCC1c1nn(-c2ccccc2C#N)c2c1CCN2. The minimum absolute atomic E-state index is 0.410. The predicted molar refractivity (Wildman–Crippen MR) is 94.3 cm³/mol. The Morgan fingerprint density at radius 3 is 3.04 bits per heavy atom. The number of fused-ring (bicyclic) bond motifs is 1. The highest BCUT2D eigenvalue weighted by Gasteiger charge is 2.32. The van der Waals surface area contributed by atoms with Crippen LogP contribution in [0.4, 0.5) is 5.82 Å². The van der Waals surface area contributed by atoms with Crippen LogP contribution in [0.25, 0.3) is 5.69 Å². The summed E-state index contributed by atoms with van der Waals surface area (Å²) in [5.74, 6) is 1.08. The van der Waals surface area contributed by atoms with Gasteiger partial charge in [-0.2, -0.15) is 10.4 Å². The Morgan fingerprint density at radius 1 is 1.33 bits per heavy atom. The molecule has 0 bridgehead atoms. The first-order valence-electron chi connectivity index (χ1n) is 8.92. The highest BCUT2D eigenvalue weighted by Crippen LogP contribution is 2.38. The maximum atomic E-state index is 9.44. The van der Waals surface area contributed by atoms with Gasteiger partial charge >= 0.3 is 0 Å². The zero-order valence-electron chi connectivity index (χ0n) is 14.1. The Morgan fingerprint density at radius 2 is 2.21 bits per heavy atom. The van der Waals surface area contributed by atoms with E-state index in [1.165, 1.54) is 30.5 Å². The van der Waals surface area contributed by atoms with E-state index in [0.29, 0.717) is 11.6 Å². The number of nitrogens with one attached hydrogen (secondary N) is 1. The summed E-state index contributed by atoms with van der Waals surface area (Å²) >= 11 is 0. The molecule has 24 heavy (non-hydrogen) atoms. The van der Waals surface area contributed by atoms with Gasteiger partial charge in [-0.1, -0.05) is 25.5 Å². The zero-order valence-corrected chi connectivity index (χ0v) is 14.1. The summed E-state index contributed by atoms with van der Waals surface area (Å²) in [7, 11) is 0. The van der Waals surface area contributed by atoms with Crippen LogP contribution in [-0.2, 0) is 6.42 Å². The summed E-state index contributed by atoms with van der Waals surface area (Å²) < 4.78 is 1.96. The average molecular weight is 321 g/mol. The minimum Gasteiger partial charge on any atom is -0.369 e. The number of anilines is 1. The van der Waals surface area contributed by atoms with E-state index in [1.807, 2.05) is 28.9 Å². The third kappa shape index (κ3) is 2.38. The first kappa shape index (κ1) is 15.2. The molecule has 2 aliphatic rings. The number of para-hydroxylation sites is 1. The largest absolute Gasteiger partial charge is 0.369 e. The highest BCUT2D eigenvalue weighted by atomic mass is 15.4. The third-order valence-corrected chi connectivity index (χ3v) is 5.27. The number of aromatic nitrogens is 2. The van der Waals surface area contributed by atoms with Crippen molar-refractivity contribution in [1.29, 1.82) is 5.26 Å². The van der Waals surface area contributed by atoms with Crippen LogP contribution in [0.5, 0.6) is 0 Å². The number of hydrogen-bond donors (Lipinski definition) is 1. The number of nitriles is 1. The fourth-order valence-corrected chi connectivity index (χ4v) is 4.08. The van der Waals surface area contributed by atoms with Gasteiger partial charge in [-0.3, -0.25) is 4.90 Å². The topological polar surface area (TPSA) is 56.9 Å². The molecule has 0 saturated carbocycles. The summed E-state index contributed by atoms with van der Waals surface area (Å²) in [6.45, 7) is 5.41. The molecule has 0 amide bonds. The molecular formula is C19H23N5. The van der Waals surface area contributed by atoms with Crippen LogP contribution in [0.15, 0.2) is 24.3 Å². The predicted octanol–water partition coefficient (Wildman–Crippen LogP) is 3.26. The summed E-state index contributed by atoms with van der Waals surface area (Å²) in [5.41, 5.74) is 4.09. The van der Waals surface area contributed by atoms with Crippen molar-refractivity contribution in [2.24, 2.45) is 0 Å². The fourth-order valence-electron chi connectivity index (χ4n) is 4.08. The van der Waals surface area contributed by atoms with Crippen molar-refractivity contribution >= 4 is 5.82 Å². The second-order valence-electron chi connectivity index (χ2n) is 6.57. The lowest BCUT2D eigenvalue weighted by Crippen LogP contribution is -2.34. The molecule has 1 aromatic carbocycles. The lowest BCUT2D eigenvalue weighted by atomic mass is 9.96. The molecule has 124 valence electrons. The van der Waals surface area contributed by atoms with E-state index < -0.39 is 0 Å². The van der Waals surface area contributed by atoms with Crippen molar-refractivity contribution in [3.63, 3.8) is 0 Å². The molecule has 2 aromatic rings. The van der Waals surface area contributed by atoms with Crippen LogP contribution < -0.4 is 5.32 Å². The molecular weight excluding hydrogens is 298 g/mol. The Labute approximate surface area is 142 Å². The van der Waals surface area contributed by atoms with E-state index in [2.05, 4.69) is 23.2 Å². The lowest BCUT2D eigenvalue weighted by Gasteiger charge is -2.34. The summed E-state index contributed by atoms with van der Waals surface area (Å²) in [6.07, 6.45) is 4.75. The van der Waals surface area contributed by atoms with Crippen LogP contribution in [0, 0.1) is 11.3 Å². The molecule has 4 rings (SSSR count). The lowest BCUT2D eigenvalue weighted by molar-refractivity contribution is 0.153. The van der Waals surface area contributed by atoms with Gasteiger partial charge in [-0.25, -0.2) is 4.68 Å². The van der Waals surface area contributed by atoms with Crippen LogP contribution in [-0.4, -0.2) is 34.3 Å². The van der Waals surface area contributed by atoms with Crippen molar-refractivity contribution in [1.82, 2.24) is 14.7 Å². The van der Waals surface area contributed by atoms with E-state index in [9.17, 15) is 5.26 Å². The monoisotopic (exact) mass is 321 g/mol. The van der Waals surface area contributed by atoms with Gasteiger partial charge in [-0.15, -0.1) is 0 Å². The third-order valence-electron chi connectivity index (χ3n) is 5.27. The van der Waals surface area contributed by atoms with Crippen molar-refractivity contribution in [2.75, 3.05) is 25.0 Å². The molecule has 1 saturated heterocycles. The molecule has 2 aliphatic heterocycles. The van der Waals surface area contributed by atoms with E-state index >= 15 is 0 Å². The molecule has 1 aromatic heterocycles. The highest BCUT2D eigenvalue weighted by molar-refractivity contribution is 5.60. The van der Waals surface area contributed by atoms with Gasteiger partial charge in [0.1, 0.15) is 11.9 Å². The second-order valence-corrected chi connectivity index (χ2v) is 6.57. The van der Waals surface area contributed by atoms with Gasteiger partial charge < -0.3 is 5.32 Å². The molecule has 5 heteroatoms. The van der Waals surface area contributed by atoms with Crippen molar-refractivity contribution in [2.45, 2.75) is 38.6 Å². The average Bonchev–Trinajstić information content (AvgIpc) is 3.24. The standard InChI is InChI=1S/C19H23N5/c1-2-23-12-6-5-9-17(23)18-15-10-11-21-19(15)24(22-18)16-8-4-3-7-14(16)13-20/h3-4,7-8,17,21H,2,5-6,9-12H2,1H3. The number of benzene rings is 1. The number of nitrogens with zero attached hydrogens (tertiary/aromatic N) is 4. The molecule has 1 fully saturated rings. The molecule has 0 aliphatic carbocycles. The van der Waals surface area contributed by atoms with Gasteiger partial charge in [0.15, 0.2) is 0 Å². The summed E-state index contributed by atoms with van der Waals surface area (Å²) in [6, 6.07) is 10.4. The zero-order chi connectivity index (χ0) is 16.5. The molecule has 3 heterocycles. The van der Waals surface area contributed by atoms with Crippen LogP contribution in [0.2, 0.25) is 0 Å². The van der Waals surface area contributed by atoms with Crippen LogP contribution in [0.3, 0.4) is 0 Å². The minimum atomic E-state index is 0.410. The molecule has 0 radical (unpaired) electrons. The molecule has 0 spiro atoms. The molecule has 1 unspecified atom stereocenters. The first-order valence-corrected chi connectivity index (χ1v) is 8.92. The second kappa shape index (κ2) is 6.29. The van der Waals surface area contributed by atoms with E-state index in [1.54, 1.807) is 0 Å². The maximum Gasteiger partial charge on any atom is 0.133 e. The Hall–Kier alpha value is -2.32. The quantitative estimate of drug-likeness (QED) is 0.943. The van der Waals surface area contributed by atoms with Crippen LogP contribution in [0.1, 0.15) is 49.0 Å². The molecule has 1 atom stereocenters. The van der Waals surface area contributed by atoms with E-state index in [-0.39, 0.29) is 0 Å². The Kier molecular flexibility index (Phi) is 3.99. The van der Waals surface area contributed by atoms with E-state index in [0.717, 1.165) is 37.6 Å². The molecule has 1 N–H and O–H groups in total. The van der Waals surface area contributed by atoms with Crippen molar-refractivity contribution in [3.8, 4) is 11.8 Å². The number of piperidine rings is 1. The fraction of sp³-hybridized carbons (Fsp3) is 0.474. The molecule has 5 nitrogen and oxygen atoms in total. The van der Waals surface area contributed by atoms with Gasteiger partial charge in [0.05, 0.1) is 23.0 Å². The Bertz CT molecular complexity index is 786. The van der Waals surface area contributed by atoms with E-state index in [4.69, 9.17) is 5.10 Å². The number of rotatable bonds is 3. The smallest absolute Gasteiger partial charge is 0.133 e. The summed E-state index contributed by atoms with van der Waals surface area (Å²) in [5, 5.41) is 17.9. The normalized spacial score (nSPS) is 20.4. The number of likely N-dealkylation sites (tertiary alicyclic amines) is 1. The number of hydrogen-bond acceptors (Lipinski definition) is 4.